The molecule has 17 heavy (non-hydrogen) atoms. The van der Waals surface area contributed by atoms with Crippen molar-refractivity contribution in [1.82, 2.24) is 0 Å². The van der Waals surface area contributed by atoms with Crippen molar-refractivity contribution in [2.45, 2.75) is 13.3 Å². The molecule has 0 amide bonds. The molecule has 0 saturated carbocycles. The molecule has 0 aliphatic rings. The minimum absolute atomic E-state index is 0.330. The van der Waals surface area contributed by atoms with Crippen molar-refractivity contribution in [3.05, 3.63) is 53.8 Å². The van der Waals surface area contributed by atoms with Gasteiger partial charge in [0.25, 0.3) is 0 Å². The maximum absolute atomic E-state index is 13.5. The standard InChI is InChI=1S/C14H15FN2/c1-2-10-6-8-11(9-7-10)17-14-12(15)4-3-5-13(14)16/h3-9,17H,2,16H2,1H3. The lowest BCUT2D eigenvalue weighted by molar-refractivity contribution is 0.632. The molecule has 2 nitrogen and oxygen atoms in total. The topological polar surface area (TPSA) is 38.0 Å². The van der Waals surface area contributed by atoms with Gasteiger partial charge < -0.3 is 11.1 Å². The van der Waals surface area contributed by atoms with Gasteiger partial charge >= 0.3 is 0 Å². The molecular formula is C14H15FN2. The molecule has 0 aliphatic heterocycles. The van der Waals surface area contributed by atoms with E-state index in [1.807, 2.05) is 24.3 Å². The van der Waals surface area contributed by atoms with E-state index in [0.717, 1.165) is 12.1 Å². The predicted molar refractivity (Wildman–Crippen MR) is 69.9 cm³/mol. The van der Waals surface area contributed by atoms with Crippen LogP contribution in [0.5, 0.6) is 0 Å². The summed E-state index contributed by atoms with van der Waals surface area (Å²) in [5.74, 6) is -0.343. The smallest absolute Gasteiger partial charge is 0.148 e. The number of aryl methyl sites for hydroxylation is 1. The van der Waals surface area contributed by atoms with Crippen LogP contribution in [0, 0.1) is 5.82 Å². The number of halogens is 1. The van der Waals surface area contributed by atoms with Crippen LogP contribution in [0.4, 0.5) is 21.5 Å². The molecule has 0 bridgehead atoms. The number of nitrogen functional groups attached to an aromatic ring is 1. The molecule has 0 atom stereocenters. The molecule has 0 fully saturated rings. The van der Waals surface area contributed by atoms with Crippen molar-refractivity contribution in [2.75, 3.05) is 11.1 Å². The summed E-state index contributed by atoms with van der Waals surface area (Å²) < 4.78 is 13.5. The van der Waals surface area contributed by atoms with Crippen LogP contribution in [-0.4, -0.2) is 0 Å². The zero-order valence-electron chi connectivity index (χ0n) is 9.70. The first-order valence-corrected chi connectivity index (χ1v) is 5.60. The highest BCUT2D eigenvalue weighted by Crippen LogP contribution is 2.26. The van der Waals surface area contributed by atoms with Crippen LogP contribution in [0.25, 0.3) is 0 Å². The monoisotopic (exact) mass is 230 g/mol. The zero-order valence-corrected chi connectivity index (χ0v) is 9.70. The average Bonchev–Trinajstić information content (AvgIpc) is 2.35. The Labute approximate surface area is 100 Å². The summed E-state index contributed by atoms with van der Waals surface area (Å²) in [6, 6.07) is 12.5. The molecule has 2 rings (SSSR count). The maximum atomic E-state index is 13.5. The lowest BCUT2D eigenvalue weighted by atomic mass is 10.1. The van der Waals surface area contributed by atoms with Gasteiger partial charge in [-0.3, -0.25) is 0 Å². The quantitative estimate of drug-likeness (QED) is 0.789. The molecule has 3 N–H and O–H groups in total. The molecule has 0 unspecified atom stereocenters. The number of hydrogen-bond donors (Lipinski definition) is 2. The van der Waals surface area contributed by atoms with E-state index in [-0.39, 0.29) is 5.82 Å². The molecule has 88 valence electrons. The first kappa shape index (κ1) is 11.5. The number of hydrogen-bond acceptors (Lipinski definition) is 2. The van der Waals surface area contributed by atoms with Crippen LogP contribution in [0.2, 0.25) is 0 Å². The van der Waals surface area contributed by atoms with Crippen LogP contribution in [0.1, 0.15) is 12.5 Å². The van der Waals surface area contributed by atoms with E-state index in [0.29, 0.717) is 11.4 Å². The van der Waals surface area contributed by atoms with Crippen LogP contribution in [-0.2, 0) is 6.42 Å². The number of nitrogens with one attached hydrogen (secondary N) is 1. The summed E-state index contributed by atoms with van der Waals surface area (Å²) in [4.78, 5) is 0. The molecule has 2 aromatic carbocycles. The molecule has 0 saturated heterocycles. The predicted octanol–water partition coefficient (Wildman–Crippen LogP) is 3.71. The van der Waals surface area contributed by atoms with Crippen LogP contribution >= 0.6 is 0 Å². The van der Waals surface area contributed by atoms with E-state index >= 15 is 0 Å². The van der Waals surface area contributed by atoms with E-state index in [9.17, 15) is 4.39 Å². The zero-order chi connectivity index (χ0) is 12.3. The van der Waals surface area contributed by atoms with Gasteiger partial charge in [-0.05, 0) is 36.2 Å². The molecule has 0 heterocycles. The van der Waals surface area contributed by atoms with Gasteiger partial charge in [0.2, 0.25) is 0 Å². The van der Waals surface area contributed by atoms with Crippen LogP contribution < -0.4 is 11.1 Å². The molecular weight excluding hydrogens is 215 g/mol. The minimum Gasteiger partial charge on any atom is -0.397 e. The van der Waals surface area contributed by atoms with Gasteiger partial charge in [0, 0.05) is 5.69 Å². The number of para-hydroxylation sites is 1. The van der Waals surface area contributed by atoms with E-state index in [1.165, 1.54) is 11.6 Å². The summed E-state index contributed by atoms with van der Waals surface area (Å²) in [7, 11) is 0. The third kappa shape index (κ3) is 2.56. The van der Waals surface area contributed by atoms with Crippen molar-refractivity contribution in [3.63, 3.8) is 0 Å². The SMILES string of the molecule is CCc1ccc(Nc2c(N)cccc2F)cc1. The fourth-order valence-electron chi connectivity index (χ4n) is 1.64. The van der Waals surface area contributed by atoms with E-state index in [2.05, 4.69) is 12.2 Å². The Hall–Kier alpha value is -2.03. The molecule has 0 radical (unpaired) electrons. The summed E-state index contributed by atoms with van der Waals surface area (Å²) in [6.07, 6.45) is 0.988. The molecule has 0 aromatic heterocycles. The second kappa shape index (κ2) is 4.87. The summed E-state index contributed by atoms with van der Waals surface area (Å²) in [5, 5.41) is 2.99. The fraction of sp³-hybridized carbons (Fsp3) is 0.143. The Kier molecular flexibility index (Phi) is 3.28. The molecule has 3 heteroatoms. The highest BCUT2D eigenvalue weighted by molar-refractivity contribution is 5.73. The van der Waals surface area contributed by atoms with Crippen molar-refractivity contribution < 1.29 is 4.39 Å². The van der Waals surface area contributed by atoms with Gasteiger partial charge in [0.1, 0.15) is 5.82 Å². The van der Waals surface area contributed by atoms with Crippen molar-refractivity contribution in [1.29, 1.82) is 0 Å². The van der Waals surface area contributed by atoms with Crippen molar-refractivity contribution in [2.24, 2.45) is 0 Å². The third-order valence-corrected chi connectivity index (χ3v) is 2.68. The normalized spacial score (nSPS) is 10.2. The second-order valence-electron chi connectivity index (χ2n) is 3.88. The maximum Gasteiger partial charge on any atom is 0.148 e. The van der Waals surface area contributed by atoms with E-state index in [4.69, 9.17) is 5.73 Å². The van der Waals surface area contributed by atoms with Crippen molar-refractivity contribution in [3.8, 4) is 0 Å². The van der Waals surface area contributed by atoms with Gasteiger partial charge in [-0.2, -0.15) is 0 Å². The van der Waals surface area contributed by atoms with Gasteiger partial charge in [0.05, 0.1) is 11.4 Å². The highest BCUT2D eigenvalue weighted by atomic mass is 19.1. The Balaban J connectivity index is 2.25. The lowest BCUT2D eigenvalue weighted by Gasteiger charge is -2.10. The first-order chi connectivity index (χ1) is 8.20. The third-order valence-electron chi connectivity index (χ3n) is 2.68. The Bertz CT molecular complexity index is 486. The summed E-state index contributed by atoms with van der Waals surface area (Å²) in [6.45, 7) is 2.09. The number of rotatable bonds is 3. The van der Waals surface area contributed by atoms with E-state index in [1.54, 1.807) is 12.1 Å². The van der Waals surface area contributed by atoms with Gasteiger partial charge in [-0.25, -0.2) is 4.39 Å². The minimum atomic E-state index is -0.343. The number of anilines is 3. The largest absolute Gasteiger partial charge is 0.397 e. The number of nitrogens with two attached hydrogens (primary N) is 1. The van der Waals surface area contributed by atoms with Gasteiger partial charge in [-0.15, -0.1) is 0 Å². The molecule has 2 aromatic rings. The van der Waals surface area contributed by atoms with Crippen molar-refractivity contribution >= 4 is 17.1 Å². The van der Waals surface area contributed by atoms with E-state index < -0.39 is 0 Å². The van der Waals surface area contributed by atoms with Gasteiger partial charge in [0.15, 0.2) is 0 Å². The Morgan fingerprint density at radius 3 is 2.41 bits per heavy atom. The van der Waals surface area contributed by atoms with Gasteiger partial charge in [-0.1, -0.05) is 25.1 Å². The molecule has 0 spiro atoms. The highest BCUT2D eigenvalue weighted by Gasteiger charge is 2.05. The first-order valence-electron chi connectivity index (χ1n) is 5.60. The Morgan fingerprint density at radius 1 is 1.12 bits per heavy atom. The summed E-state index contributed by atoms with van der Waals surface area (Å²) in [5.41, 5.74) is 8.54. The second-order valence-corrected chi connectivity index (χ2v) is 3.88. The molecule has 0 aliphatic carbocycles. The lowest BCUT2D eigenvalue weighted by Crippen LogP contribution is -1.99. The Morgan fingerprint density at radius 2 is 1.82 bits per heavy atom. The summed E-state index contributed by atoms with van der Waals surface area (Å²) >= 11 is 0. The average molecular weight is 230 g/mol. The van der Waals surface area contributed by atoms with Crippen LogP contribution in [0.15, 0.2) is 42.5 Å². The fourth-order valence-corrected chi connectivity index (χ4v) is 1.64. The number of benzene rings is 2. The van der Waals surface area contributed by atoms with Crippen LogP contribution in [0.3, 0.4) is 0 Å².